The molecule has 0 saturated carbocycles. The average Bonchev–Trinajstić information content (AvgIpc) is 3.16. The fraction of sp³-hybridized carbons (Fsp3) is 0.111. The van der Waals surface area contributed by atoms with E-state index in [1.54, 1.807) is 6.07 Å². The van der Waals surface area contributed by atoms with Crippen LogP contribution in [-0.2, 0) is 18.8 Å². The van der Waals surface area contributed by atoms with Crippen molar-refractivity contribution in [3.05, 3.63) is 107 Å². The number of rotatable bonds is 2. The van der Waals surface area contributed by atoms with E-state index < -0.39 is 23.5 Å². The lowest BCUT2D eigenvalue weighted by Crippen LogP contribution is -2.10. The van der Waals surface area contributed by atoms with Gasteiger partial charge in [0.25, 0.3) is 0 Å². The summed E-state index contributed by atoms with van der Waals surface area (Å²) in [5, 5.41) is 0. The predicted octanol–water partition coefficient (Wildman–Crippen LogP) is 8.63. The van der Waals surface area contributed by atoms with E-state index in [1.807, 2.05) is 24.3 Å². The Hall–Kier alpha value is -3.54. The SMILES string of the molecule is FC(F)(F)c1ccccc1-c1ccc2c(c1-c1ccccc1C(F)(F)F)Cc1ccccc1-2. The first-order valence-corrected chi connectivity index (χ1v) is 10.2. The van der Waals surface area contributed by atoms with Crippen LogP contribution < -0.4 is 0 Å². The number of fused-ring (bicyclic) bond motifs is 3. The molecule has 0 spiro atoms. The Bertz CT molecular complexity index is 1360. The second-order valence-corrected chi connectivity index (χ2v) is 7.93. The van der Waals surface area contributed by atoms with Crippen molar-refractivity contribution in [3.63, 3.8) is 0 Å². The molecule has 6 heteroatoms. The Kier molecular flexibility index (Phi) is 4.85. The maximum atomic E-state index is 14.0. The predicted molar refractivity (Wildman–Crippen MR) is 116 cm³/mol. The van der Waals surface area contributed by atoms with E-state index in [9.17, 15) is 26.3 Å². The van der Waals surface area contributed by atoms with Crippen LogP contribution in [0, 0.1) is 0 Å². The second kappa shape index (κ2) is 7.51. The Labute approximate surface area is 186 Å². The molecular weight excluding hydrogens is 438 g/mol. The summed E-state index contributed by atoms with van der Waals surface area (Å²) in [5.74, 6) is 0. The number of halogens is 6. The molecule has 0 radical (unpaired) electrons. The minimum Gasteiger partial charge on any atom is -0.166 e. The summed E-state index contributed by atoms with van der Waals surface area (Å²) in [4.78, 5) is 0. The molecule has 0 aromatic heterocycles. The third-order valence-corrected chi connectivity index (χ3v) is 6.01. The minimum absolute atomic E-state index is 0.123. The Balaban J connectivity index is 1.88. The van der Waals surface area contributed by atoms with Gasteiger partial charge >= 0.3 is 12.4 Å². The van der Waals surface area contributed by atoms with Gasteiger partial charge in [-0.2, -0.15) is 26.3 Å². The van der Waals surface area contributed by atoms with Crippen molar-refractivity contribution >= 4 is 0 Å². The fourth-order valence-electron chi connectivity index (χ4n) is 4.66. The van der Waals surface area contributed by atoms with E-state index in [0.717, 1.165) is 28.8 Å². The Morgan fingerprint density at radius 2 is 0.939 bits per heavy atom. The van der Waals surface area contributed by atoms with E-state index in [2.05, 4.69) is 0 Å². The van der Waals surface area contributed by atoms with Crippen LogP contribution >= 0.6 is 0 Å². The first kappa shape index (κ1) is 21.3. The Morgan fingerprint density at radius 3 is 1.58 bits per heavy atom. The van der Waals surface area contributed by atoms with Crippen LogP contribution in [0.5, 0.6) is 0 Å². The van der Waals surface area contributed by atoms with Gasteiger partial charge in [-0.25, -0.2) is 0 Å². The van der Waals surface area contributed by atoms with Gasteiger partial charge in [-0.15, -0.1) is 0 Å². The highest BCUT2D eigenvalue weighted by atomic mass is 19.4. The summed E-state index contributed by atoms with van der Waals surface area (Å²) in [6, 6.07) is 20.7. The van der Waals surface area contributed by atoms with E-state index in [0.29, 0.717) is 12.0 Å². The van der Waals surface area contributed by atoms with Crippen molar-refractivity contribution in [2.24, 2.45) is 0 Å². The molecule has 0 atom stereocenters. The van der Waals surface area contributed by atoms with Crippen molar-refractivity contribution in [1.29, 1.82) is 0 Å². The van der Waals surface area contributed by atoms with Gasteiger partial charge in [0.05, 0.1) is 11.1 Å². The molecule has 0 unspecified atom stereocenters. The molecule has 166 valence electrons. The van der Waals surface area contributed by atoms with Gasteiger partial charge in [0.2, 0.25) is 0 Å². The number of benzene rings is 4. The highest BCUT2D eigenvalue weighted by Crippen LogP contribution is 2.50. The molecule has 0 nitrogen and oxygen atoms in total. The minimum atomic E-state index is -4.66. The topological polar surface area (TPSA) is 0 Å². The summed E-state index contributed by atoms with van der Waals surface area (Å²) >= 11 is 0. The molecule has 0 amide bonds. The van der Waals surface area contributed by atoms with Gasteiger partial charge in [-0.05, 0) is 63.1 Å². The van der Waals surface area contributed by atoms with Crippen LogP contribution in [0.15, 0.2) is 84.9 Å². The van der Waals surface area contributed by atoms with Crippen molar-refractivity contribution in [3.8, 4) is 33.4 Å². The number of alkyl halides is 6. The van der Waals surface area contributed by atoms with Crippen LogP contribution in [-0.4, -0.2) is 0 Å². The second-order valence-electron chi connectivity index (χ2n) is 7.93. The van der Waals surface area contributed by atoms with Gasteiger partial charge in [0.15, 0.2) is 0 Å². The van der Waals surface area contributed by atoms with Crippen molar-refractivity contribution in [2.75, 3.05) is 0 Å². The van der Waals surface area contributed by atoms with Gasteiger partial charge in [-0.3, -0.25) is 0 Å². The molecule has 5 rings (SSSR count). The molecule has 0 N–H and O–H groups in total. The molecule has 0 fully saturated rings. The summed E-state index contributed by atoms with van der Waals surface area (Å²) in [6.45, 7) is 0. The largest absolute Gasteiger partial charge is 0.417 e. The van der Waals surface area contributed by atoms with Crippen LogP contribution in [0.1, 0.15) is 22.3 Å². The monoisotopic (exact) mass is 454 g/mol. The summed E-state index contributed by atoms with van der Waals surface area (Å²) in [6.07, 6.45) is -8.97. The molecule has 0 heterocycles. The van der Waals surface area contributed by atoms with E-state index in [-0.39, 0.29) is 22.3 Å². The summed E-state index contributed by atoms with van der Waals surface area (Å²) < 4.78 is 83.5. The van der Waals surface area contributed by atoms with Crippen molar-refractivity contribution in [1.82, 2.24) is 0 Å². The third-order valence-electron chi connectivity index (χ3n) is 6.01. The first-order valence-electron chi connectivity index (χ1n) is 10.2. The van der Waals surface area contributed by atoms with Crippen LogP contribution in [0.4, 0.5) is 26.3 Å². The van der Waals surface area contributed by atoms with Gasteiger partial charge < -0.3 is 0 Å². The zero-order valence-electron chi connectivity index (χ0n) is 17.1. The molecule has 33 heavy (non-hydrogen) atoms. The maximum Gasteiger partial charge on any atom is 0.417 e. The van der Waals surface area contributed by atoms with Gasteiger partial charge in [0, 0.05) is 0 Å². The van der Waals surface area contributed by atoms with E-state index in [4.69, 9.17) is 0 Å². The van der Waals surface area contributed by atoms with E-state index >= 15 is 0 Å². The lowest BCUT2D eigenvalue weighted by molar-refractivity contribution is -0.138. The van der Waals surface area contributed by atoms with E-state index in [1.165, 1.54) is 42.5 Å². The van der Waals surface area contributed by atoms with Crippen LogP contribution in [0.3, 0.4) is 0 Å². The molecule has 4 aromatic rings. The van der Waals surface area contributed by atoms with Crippen LogP contribution in [0.25, 0.3) is 33.4 Å². The lowest BCUT2D eigenvalue weighted by Gasteiger charge is -2.21. The molecule has 0 saturated heterocycles. The third kappa shape index (κ3) is 3.59. The average molecular weight is 454 g/mol. The zero-order chi connectivity index (χ0) is 23.4. The summed E-state index contributed by atoms with van der Waals surface area (Å²) in [7, 11) is 0. The number of hydrogen-bond acceptors (Lipinski definition) is 0. The lowest BCUT2D eigenvalue weighted by atomic mass is 9.84. The maximum absolute atomic E-state index is 14.0. The zero-order valence-corrected chi connectivity index (χ0v) is 17.1. The Morgan fingerprint density at radius 1 is 0.455 bits per heavy atom. The fourth-order valence-corrected chi connectivity index (χ4v) is 4.66. The highest BCUT2D eigenvalue weighted by molar-refractivity contribution is 5.95. The quantitative estimate of drug-likeness (QED) is 0.234. The van der Waals surface area contributed by atoms with Crippen molar-refractivity contribution < 1.29 is 26.3 Å². The molecule has 0 bridgehead atoms. The normalized spacial score (nSPS) is 13.0. The van der Waals surface area contributed by atoms with Gasteiger partial charge in [-0.1, -0.05) is 72.8 Å². The molecule has 0 aliphatic heterocycles. The smallest absolute Gasteiger partial charge is 0.166 e. The summed E-state index contributed by atoms with van der Waals surface area (Å²) in [5.41, 5.74) is 1.45. The van der Waals surface area contributed by atoms with Crippen molar-refractivity contribution in [2.45, 2.75) is 18.8 Å². The molecular formula is C27H16F6. The standard InChI is InChI=1S/C27H16F6/c28-26(29,30)23-11-5-3-9-19(23)20-14-13-18-17-8-2-1-7-16(17)15-22(18)25(20)21-10-4-6-12-24(21)27(31,32)33/h1-14H,15H2. The van der Waals surface area contributed by atoms with Crippen LogP contribution in [0.2, 0.25) is 0 Å². The molecule has 1 aliphatic rings. The molecule has 1 aliphatic carbocycles. The van der Waals surface area contributed by atoms with Gasteiger partial charge in [0.1, 0.15) is 0 Å². The highest BCUT2D eigenvalue weighted by Gasteiger charge is 2.37. The molecule has 4 aromatic carbocycles. The first-order chi connectivity index (χ1) is 15.7. The number of hydrogen-bond donors (Lipinski definition) is 0.